The summed E-state index contributed by atoms with van der Waals surface area (Å²) in [6.45, 7) is 2.88. The summed E-state index contributed by atoms with van der Waals surface area (Å²) in [5, 5.41) is 6.39. The van der Waals surface area contributed by atoms with Gasteiger partial charge in [0.05, 0.1) is 12.2 Å². The third kappa shape index (κ3) is 2.97. The molecule has 0 unspecified atom stereocenters. The number of nitrogens with zero attached hydrogens (tertiary/aromatic N) is 2. The molecule has 4 heteroatoms. The molecule has 2 heterocycles. The van der Waals surface area contributed by atoms with Crippen LogP contribution in [0.15, 0.2) is 36.7 Å². The molecule has 0 amide bonds. The largest absolute Gasteiger partial charge is 0.379 e. The number of hydrogen-bond acceptors (Lipinski definition) is 4. The van der Waals surface area contributed by atoms with Crippen molar-refractivity contribution in [3.05, 3.63) is 47.9 Å². The van der Waals surface area contributed by atoms with Gasteiger partial charge in [0.2, 0.25) is 0 Å². The first-order valence-electron chi connectivity index (χ1n) is 6.14. The molecule has 0 aliphatic rings. The zero-order valence-electron chi connectivity index (χ0n) is 10.8. The fourth-order valence-corrected chi connectivity index (χ4v) is 1.82. The number of nitrogens with one attached hydrogen (secondary N) is 2. The molecular weight excluding hydrogens is 224 g/mol. The van der Waals surface area contributed by atoms with Crippen LogP contribution in [0.25, 0.3) is 0 Å². The zero-order chi connectivity index (χ0) is 12.8. The number of hydrogen-bond donors (Lipinski definition) is 2. The molecule has 0 aliphatic heterocycles. The van der Waals surface area contributed by atoms with Gasteiger partial charge in [-0.15, -0.1) is 0 Å². The Kier molecular flexibility index (Phi) is 4.12. The minimum absolute atomic E-state index is 0.733. The van der Waals surface area contributed by atoms with Gasteiger partial charge in [-0.2, -0.15) is 0 Å². The molecular formula is C14H18N4. The zero-order valence-corrected chi connectivity index (χ0v) is 10.8. The highest BCUT2D eigenvalue weighted by molar-refractivity contribution is 5.51. The van der Waals surface area contributed by atoms with Crippen LogP contribution in [0.3, 0.4) is 0 Å². The van der Waals surface area contributed by atoms with Crippen LogP contribution in [0.4, 0.5) is 11.5 Å². The quantitative estimate of drug-likeness (QED) is 0.846. The summed E-state index contributed by atoms with van der Waals surface area (Å²) >= 11 is 0. The first kappa shape index (κ1) is 12.4. The van der Waals surface area contributed by atoms with Gasteiger partial charge in [0.25, 0.3) is 0 Å². The molecule has 4 nitrogen and oxygen atoms in total. The van der Waals surface area contributed by atoms with Crippen LogP contribution in [0.1, 0.15) is 18.2 Å². The van der Waals surface area contributed by atoms with Crippen LogP contribution in [0.2, 0.25) is 0 Å². The molecule has 0 saturated carbocycles. The highest BCUT2D eigenvalue weighted by Crippen LogP contribution is 2.13. The molecule has 94 valence electrons. The Hall–Kier alpha value is -2.10. The number of aryl methyl sites for hydroxylation is 1. The van der Waals surface area contributed by atoms with Crippen LogP contribution in [0, 0.1) is 0 Å². The maximum absolute atomic E-state index is 4.41. The lowest BCUT2D eigenvalue weighted by Crippen LogP contribution is -2.05. The molecule has 0 saturated heterocycles. The summed E-state index contributed by atoms with van der Waals surface area (Å²) < 4.78 is 0. The number of rotatable bonds is 5. The van der Waals surface area contributed by atoms with Crippen LogP contribution in [-0.4, -0.2) is 17.0 Å². The number of pyridine rings is 2. The van der Waals surface area contributed by atoms with E-state index in [4.69, 9.17) is 0 Å². The smallest absolute Gasteiger partial charge is 0.127 e. The van der Waals surface area contributed by atoms with Crippen molar-refractivity contribution in [1.29, 1.82) is 0 Å². The van der Waals surface area contributed by atoms with E-state index in [1.165, 1.54) is 5.56 Å². The van der Waals surface area contributed by atoms with E-state index in [9.17, 15) is 0 Å². The molecule has 2 rings (SSSR count). The lowest BCUT2D eigenvalue weighted by atomic mass is 10.1. The average Bonchev–Trinajstić information content (AvgIpc) is 2.45. The van der Waals surface area contributed by atoms with Gasteiger partial charge in [0, 0.05) is 31.2 Å². The van der Waals surface area contributed by atoms with Crippen molar-refractivity contribution >= 4 is 11.5 Å². The van der Waals surface area contributed by atoms with Gasteiger partial charge >= 0.3 is 0 Å². The topological polar surface area (TPSA) is 49.8 Å². The standard InChI is InChI=1S/C14H18N4/c1-3-11-5-4-7-16-13(11)10-18-12-6-8-17-14(9-12)15-2/h4-9H,3,10H2,1-2H3,(H2,15,17,18). The molecule has 0 bridgehead atoms. The van der Waals surface area contributed by atoms with Crippen molar-refractivity contribution in [3.8, 4) is 0 Å². The van der Waals surface area contributed by atoms with E-state index in [0.29, 0.717) is 0 Å². The number of anilines is 2. The van der Waals surface area contributed by atoms with Gasteiger partial charge in [-0.05, 0) is 24.1 Å². The second-order valence-corrected chi connectivity index (χ2v) is 4.00. The van der Waals surface area contributed by atoms with Crippen LogP contribution in [-0.2, 0) is 13.0 Å². The highest BCUT2D eigenvalue weighted by Gasteiger charge is 2.01. The van der Waals surface area contributed by atoms with Crippen LogP contribution in [0.5, 0.6) is 0 Å². The van der Waals surface area contributed by atoms with Gasteiger partial charge in [-0.25, -0.2) is 4.98 Å². The van der Waals surface area contributed by atoms with E-state index in [-0.39, 0.29) is 0 Å². The van der Waals surface area contributed by atoms with E-state index in [2.05, 4.69) is 33.6 Å². The molecule has 2 N–H and O–H groups in total. The van der Waals surface area contributed by atoms with Crippen molar-refractivity contribution in [2.75, 3.05) is 17.7 Å². The van der Waals surface area contributed by atoms with Gasteiger partial charge < -0.3 is 10.6 Å². The maximum Gasteiger partial charge on any atom is 0.127 e. The van der Waals surface area contributed by atoms with Crippen LogP contribution < -0.4 is 10.6 Å². The Morgan fingerprint density at radius 1 is 1.17 bits per heavy atom. The fourth-order valence-electron chi connectivity index (χ4n) is 1.82. The van der Waals surface area contributed by atoms with Crippen molar-refractivity contribution < 1.29 is 0 Å². The Bertz CT molecular complexity index is 511. The third-order valence-corrected chi connectivity index (χ3v) is 2.84. The van der Waals surface area contributed by atoms with Crippen molar-refractivity contribution in [2.24, 2.45) is 0 Å². The monoisotopic (exact) mass is 242 g/mol. The first-order chi connectivity index (χ1) is 8.83. The van der Waals surface area contributed by atoms with E-state index in [1.807, 2.05) is 31.4 Å². The van der Waals surface area contributed by atoms with E-state index in [1.54, 1.807) is 6.20 Å². The minimum atomic E-state index is 0.733. The third-order valence-electron chi connectivity index (χ3n) is 2.84. The normalized spacial score (nSPS) is 10.1. The highest BCUT2D eigenvalue weighted by atomic mass is 15.0. The molecule has 0 aliphatic carbocycles. The molecule has 0 aromatic carbocycles. The van der Waals surface area contributed by atoms with Crippen molar-refractivity contribution in [2.45, 2.75) is 19.9 Å². The predicted molar refractivity (Wildman–Crippen MR) is 74.7 cm³/mol. The van der Waals surface area contributed by atoms with Gasteiger partial charge in [0.1, 0.15) is 5.82 Å². The predicted octanol–water partition coefficient (Wildman–Crippen LogP) is 2.69. The second kappa shape index (κ2) is 6.00. The molecule has 0 fully saturated rings. The fraction of sp³-hybridized carbons (Fsp3) is 0.286. The number of aromatic nitrogens is 2. The summed E-state index contributed by atoms with van der Waals surface area (Å²) in [4.78, 5) is 8.59. The molecule has 0 spiro atoms. The van der Waals surface area contributed by atoms with E-state index in [0.717, 1.165) is 30.2 Å². The summed E-state index contributed by atoms with van der Waals surface area (Å²) in [5.41, 5.74) is 3.43. The van der Waals surface area contributed by atoms with E-state index >= 15 is 0 Å². The molecule has 2 aromatic rings. The van der Waals surface area contributed by atoms with Crippen molar-refractivity contribution in [1.82, 2.24) is 9.97 Å². The average molecular weight is 242 g/mol. The molecule has 0 radical (unpaired) electrons. The molecule has 18 heavy (non-hydrogen) atoms. The lowest BCUT2D eigenvalue weighted by molar-refractivity contribution is 0.971. The molecule has 2 aromatic heterocycles. The Morgan fingerprint density at radius 3 is 2.83 bits per heavy atom. The van der Waals surface area contributed by atoms with Gasteiger partial charge in [0.15, 0.2) is 0 Å². The Balaban J connectivity index is 2.06. The van der Waals surface area contributed by atoms with Crippen molar-refractivity contribution in [3.63, 3.8) is 0 Å². The molecule has 0 atom stereocenters. The summed E-state index contributed by atoms with van der Waals surface area (Å²) in [7, 11) is 1.86. The minimum Gasteiger partial charge on any atom is -0.379 e. The maximum atomic E-state index is 4.41. The second-order valence-electron chi connectivity index (χ2n) is 4.00. The van der Waals surface area contributed by atoms with Crippen LogP contribution >= 0.6 is 0 Å². The van der Waals surface area contributed by atoms with E-state index < -0.39 is 0 Å². The summed E-state index contributed by atoms with van der Waals surface area (Å²) in [6.07, 6.45) is 4.62. The summed E-state index contributed by atoms with van der Waals surface area (Å²) in [5.74, 6) is 0.858. The lowest BCUT2D eigenvalue weighted by Gasteiger charge is -2.10. The van der Waals surface area contributed by atoms with Gasteiger partial charge in [-0.3, -0.25) is 4.98 Å². The Labute approximate surface area is 107 Å². The Morgan fingerprint density at radius 2 is 2.06 bits per heavy atom. The SMILES string of the molecule is CCc1cccnc1CNc1ccnc(NC)c1. The first-order valence-corrected chi connectivity index (χ1v) is 6.14. The summed E-state index contributed by atoms with van der Waals surface area (Å²) in [6, 6.07) is 8.04. The van der Waals surface area contributed by atoms with Gasteiger partial charge in [-0.1, -0.05) is 13.0 Å².